The molecule has 0 aliphatic rings. The van der Waals surface area contributed by atoms with Gasteiger partial charge in [0.25, 0.3) is 0 Å². The van der Waals surface area contributed by atoms with E-state index in [0.717, 1.165) is 10.9 Å². The van der Waals surface area contributed by atoms with E-state index in [1.807, 2.05) is 18.4 Å². The highest BCUT2D eigenvalue weighted by molar-refractivity contribution is 9.10. The lowest BCUT2D eigenvalue weighted by molar-refractivity contribution is 0.407. The van der Waals surface area contributed by atoms with Gasteiger partial charge in [-0.2, -0.15) is 0 Å². The van der Waals surface area contributed by atoms with E-state index < -0.39 is 17.7 Å². The molecule has 1 aromatic carbocycles. The maximum absolute atomic E-state index is 14.2. The summed E-state index contributed by atoms with van der Waals surface area (Å²) in [7, 11) is 1.56. The molecule has 2 nitrogen and oxygen atoms in total. The molecule has 0 fully saturated rings. The molecule has 2 aromatic rings. The third kappa shape index (κ3) is 3.02. The van der Waals surface area contributed by atoms with Gasteiger partial charge in [0, 0.05) is 5.56 Å². The van der Waals surface area contributed by atoms with E-state index in [0.29, 0.717) is 12.3 Å². The molecule has 0 saturated carbocycles. The van der Waals surface area contributed by atoms with Crippen molar-refractivity contribution in [2.75, 3.05) is 13.7 Å². The maximum Gasteiger partial charge on any atom is 0.137 e. The van der Waals surface area contributed by atoms with E-state index in [1.165, 1.54) is 17.4 Å². The lowest BCUT2D eigenvalue weighted by atomic mass is 10.0. The van der Waals surface area contributed by atoms with Gasteiger partial charge in [-0.15, -0.1) is 11.3 Å². The second kappa shape index (κ2) is 6.65. The Morgan fingerprint density at radius 2 is 2.10 bits per heavy atom. The molecule has 1 heterocycles. The van der Waals surface area contributed by atoms with Crippen LogP contribution in [0.1, 0.15) is 23.4 Å². The van der Waals surface area contributed by atoms with Gasteiger partial charge in [-0.3, -0.25) is 0 Å². The summed E-state index contributed by atoms with van der Waals surface area (Å²) in [6, 6.07) is 3.75. The van der Waals surface area contributed by atoms with Crippen LogP contribution in [0.5, 0.6) is 5.75 Å². The van der Waals surface area contributed by atoms with Gasteiger partial charge in [-0.1, -0.05) is 6.92 Å². The van der Waals surface area contributed by atoms with Crippen molar-refractivity contribution in [2.24, 2.45) is 0 Å². The fraction of sp³-hybridized carbons (Fsp3) is 0.286. The third-order valence-electron chi connectivity index (χ3n) is 2.90. The van der Waals surface area contributed by atoms with Crippen LogP contribution >= 0.6 is 27.3 Å². The molecular formula is C14H14BrF2NOS. The smallest absolute Gasteiger partial charge is 0.137 e. The quantitative estimate of drug-likeness (QED) is 0.791. The Morgan fingerprint density at radius 1 is 1.35 bits per heavy atom. The normalized spacial score (nSPS) is 12.4. The van der Waals surface area contributed by atoms with Crippen LogP contribution in [0, 0.1) is 11.6 Å². The first kappa shape index (κ1) is 15.4. The SMILES string of the molecule is CCNC(c1cc(F)c(Br)cc1F)c1sccc1OC. The van der Waals surface area contributed by atoms with Gasteiger partial charge in [-0.05, 0) is 46.1 Å². The lowest BCUT2D eigenvalue weighted by Crippen LogP contribution is -2.22. The number of nitrogens with one attached hydrogen (secondary N) is 1. The Kier molecular flexibility index (Phi) is 5.12. The molecule has 1 aromatic heterocycles. The van der Waals surface area contributed by atoms with Crippen LogP contribution in [0.3, 0.4) is 0 Å². The number of hydrogen-bond donors (Lipinski definition) is 1. The Labute approximate surface area is 128 Å². The van der Waals surface area contributed by atoms with Crippen LogP contribution in [0.2, 0.25) is 0 Å². The molecule has 2 rings (SSSR count). The van der Waals surface area contributed by atoms with Gasteiger partial charge < -0.3 is 10.1 Å². The van der Waals surface area contributed by atoms with E-state index in [4.69, 9.17) is 4.74 Å². The van der Waals surface area contributed by atoms with Gasteiger partial charge in [0.15, 0.2) is 0 Å². The molecule has 0 aliphatic heterocycles. The molecule has 6 heteroatoms. The van der Waals surface area contributed by atoms with Crippen molar-refractivity contribution in [3.63, 3.8) is 0 Å². The fourth-order valence-corrected chi connectivity index (χ4v) is 3.26. The Bertz CT molecular complexity index is 603. The van der Waals surface area contributed by atoms with E-state index >= 15 is 0 Å². The van der Waals surface area contributed by atoms with Gasteiger partial charge in [0.2, 0.25) is 0 Å². The topological polar surface area (TPSA) is 21.3 Å². The predicted molar refractivity (Wildman–Crippen MR) is 80.4 cm³/mol. The zero-order valence-corrected chi connectivity index (χ0v) is 13.4. The Morgan fingerprint density at radius 3 is 2.75 bits per heavy atom. The molecule has 108 valence electrons. The standard InChI is InChI=1S/C14H14BrF2NOS/c1-3-18-13(14-12(19-2)4-5-20-14)8-6-11(17)9(15)7-10(8)16/h4-7,13,18H,3H2,1-2H3. The zero-order chi connectivity index (χ0) is 14.7. The summed E-state index contributed by atoms with van der Waals surface area (Å²) in [5.74, 6) is -0.275. The molecule has 0 bridgehead atoms. The summed E-state index contributed by atoms with van der Waals surface area (Å²) in [6.45, 7) is 2.54. The van der Waals surface area contributed by atoms with Gasteiger partial charge in [-0.25, -0.2) is 8.78 Å². The molecule has 1 atom stereocenters. The van der Waals surface area contributed by atoms with E-state index in [-0.39, 0.29) is 10.0 Å². The minimum Gasteiger partial charge on any atom is -0.496 e. The van der Waals surface area contributed by atoms with E-state index in [2.05, 4.69) is 21.2 Å². The molecule has 0 saturated heterocycles. The molecule has 0 radical (unpaired) electrons. The summed E-state index contributed by atoms with van der Waals surface area (Å²) < 4.78 is 33.3. The van der Waals surface area contributed by atoms with Gasteiger partial charge >= 0.3 is 0 Å². The van der Waals surface area contributed by atoms with Crippen molar-refractivity contribution in [1.82, 2.24) is 5.32 Å². The largest absolute Gasteiger partial charge is 0.496 e. The minimum absolute atomic E-state index is 0.118. The van der Waals surface area contributed by atoms with Crippen LogP contribution in [0.25, 0.3) is 0 Å². The molecule has 1 unspecified atom stereocenters. The van der Waals surface area contributed by atoms with Crippen molar-refractivity contribution in [3.8, 4) is 5.75 Å². The van der Waals surface area contributed by atoms with Gasteiger partial charge in [0.1, 0.15) is 17.4 Å². The average molecular weight is 362 g/mol. The third-order valence-corrected chi connectivity index (χ3v) is 4.47. The van der Waals surface area contributed by atoms with Crippen LogP contribution in [-0.4, -0.2) is 13.7 Å². The first-order valence-corrected chi connectivity index (χ1v) is 7.75. The highest BCUT2D eigenvalue weighted by Gasteiger charge is 2.23. The molecule has 0 aliphatic carbocycles. The second-order valence-electron chi connectivity index (χ2n) is 4.13. The van der Waals surface area contributed by atoms with Crippen LogP contribution in [0.4, 0.5) is 8.78 Å². The van der Waals surface area contributed by atoms with E-state index in [1.54, 1.807) is 7.11 Å². The summed E-state index contributed by atoms with van der Waals surface area (Å²) in [6.07, 6.45) is 0. The van der Waals surface area contributed by atoms with Crippen LogP contribution in [-0.2, 0) is 0 Å². The summed E-state index contributed by atoms with van der Waals surface area (Å²) in [5, 5.41) is 5.04. The number of rotatable bonds is 5. The zero-order valence-electron chi connectivity index (χ0n) is 11.0. The number of thiophene rings is 1. The number of benzene rings is 1. The number of methoxy groups -OCH3 is 1. The minimum atomic E-state index is -0.486. The first-order valence-electron chi connectivity index (χ1n) is 6.07. The average Bonchev–Trinajstić information content (AvgIpc) is 2.88. The van der Waals surface area contributed by atoms with Crippen molar-refractivity contribution in [2.45, 2.75) is 13.0 Å². The lowest BCUT2D eigenvalue weighted by Gasteiger charge is -2.19. The maximum atomic E-state index is 14.2. The first-order chi connectivity index (χ1) is 9.58. The van der Waals surface area contributed by atoms with Crippen LogP contribution in [0.15, 0.2) is 28.1 Å². The molecular weight excluding hydrogens is 348 g/mol. The molecule has 1 N–H and O–H groups in total. The number of ether oxygens (including phenoxy) is 1. The molecule has 0 spiro atoms. The summed E-state index contributed by atoms with van der Waals surface area (Å²) in [5.41, 5.74) is 0.272. The fourth-order valence-electron chi connectivity index (χ4n) is 2.00. The van der Waals surface area contributed by atoms with Crippen molar-refractivity contribution in [1.29, 1.82) is 0 Å². The second-order valence-corrected chi connectivity index (χ2v) is 5.93. The van der Waals surface area contributed by atoms with Crippen molar-refractivity contribution >= 4 is 27.3 Å². The predicted octanol–water partition coefficient (Wildman–Crippen LogP) is 4.50. The highest BCUT2D eigenvalue weighted by Crippen LogP contribution is 2.36. The van der Waals surface area contributed by atoms with E-state index in [9.17, 15) is 8.78 Å². The summed E-state index contributed by atoms with van der Waals surface area (Å²) >= 11 is 4.44. The van der Waals surface area contributed by atoms with Gasteiger partial charge in [0.05, 0.1) is 22.5 Å². The summed E-state index contributed by atoms with van der Waals surface area (Å²) in [4.78, 5) is 0.829. The van der Waals surface area contributed by atoms with Crippen molar-refractivity contribution < 1.29 is 13.5 Å². The Balaban J connectivity index is 2.51. The van der Waals surface area contributed by atoms with Crippen molar-refractivity contribution in [3.05, 3.63) is 50.1 Å². The molecule has 0 amide bonds. The number of hydrogen-bond acceptors (Lipinski definition) is 3. The Hall–Kier alpha value is -0.980. The highest BCUT2D eigenvalue weighted by atomic mass is 79.9. The monoisotopic (exact) mass is 361 g/mol. The van der Waals surface area contributed by atoms with Crippen LogP contribution < -0.4 is 10.1 Å². The number of halogens is 3. The molecule has 20 heavy (non-hydrogen) atoms.